The quantitative estimate of drug-likeness (QED) is 0.597. The van der Waals surface area contributed by atoms with Gasteiger partial charge >= 0.3 is 0 Å². The second kappa shape index (κ2) is 9.41. The van der Waals surface area contributed by atoms with Crippen molar-refractivity contribution in [3.63, 3.8) is 0 Å². The van der Waals surface area contributed by atoms with Crippen molar-refractivity contribution in [1.82, 2.24) is 4.31 Å². The van der Waals surface area contributed by atoms with Crippen molar-refractivity contribution in [2.24, 2.45) is 5.92 Å². The Kier molecular flexibility index (Phi) is 7.36. The third-order valence-electron chi connectivity index (χ3n) is 4.71. The number of anilines is 1. The zero-order chi connectivity index (χ0) is 21.2. The first-order chi connectivity index (χ1) is 13.7. The number of rotatable bonds is 5. The predicted octanol–water partition coefficient (Wildman–Crippen LogP) is 5.48. The summed E-state index contributed by atoms with van der Waals surface area (Å²) < 4.78 is 27.1. The van der Waals surface area contributed by atoms with Gasteiger partial charge in [0.1, 0.15) is 0 Å². The SMILES string of the molecule is O=C(Nc1cccc(Cl)c1Cl)[C@@H]1CCCN(S(=O)(=O)Cc2ccc(Cl)cc2Cl)C1. The smallest absolute Gasteiger partial charge is 0.228 e. The Morgan fingerprint density at radius 2 is 1.86 bits per heavy atom. The fourth-order valence-electron chi connectivity index (χ4n) is 3.17. The molecule has 0 radical (unpaired) electrons. The lowest BCUT2D eigenvalue weighted by Crippen LogP contribution is -2.44. The molecule has 2 aromatic rings. The monoisotopic (exact) mass is 494 g/mol. The number of amides is 1. The molecule has 1 atom stereocenters. The molecule has 0 spiro atoms. The van der Waals surface area contributed by atoms with Crippen molar-refractivity contribution < 1.29 is 13.2 Å². The molecule has 1 aliphatic rings. The topological polar surface area (TPSA) is 66.5 Å². The Balaban J connectivity index is 1.70. The Morgan fingerprint density at radius 1 is 1.10 bits per heavy atom. The first-order valence-corrected chi connectivity index (χ1v) is 12.0. The molecule has 0 bridgehead atoms. The van der Waals surface area contributed by atoms with Gasteiger partial charge in [0.25, 0.3) is 0 Å². The number of piperidine rings is 1. The molecule has 3 rings (SSSR count). The summed E-state index contributed by atoms with van der Waals surface area (Å²) in [7, 11) is -3.65. The van der Waals surface area contributed by atoms with Crippen LogP contribution in [0.4, 0.5) is 5.69 Å². The lowest BCUT2D eigenvalue weighted by atomic mass is 9.99. The zero-order valence-electron chi connectivity index (χ0n) is 15.2. The summed E-state index contributed by atoms with van der Waals surface area (Å²) in [4.78, 5) is 12.7. The molecule has 156 valence electrons. The molecule has 0 aliphatic carbocycles. The van der Waals surface area contributed by atoms with Gasteiger partial charge in [-0.05, 0) is 42.7 Å². The summed E-state index contributed by atoms with van der Waals surface area (Å²) >= 11 is 24.1. The highest BCUT2D eigenvalue weighted by molar-refractivity contribution is 7.88. The molecule has 2 aromatic carbocycles. The maximum atomic E-state index is 12.9. The number of benzene rings is 2. The van der Waals surface area contributed by atoms with Crippen LogP contribution in [-0.4, -0.2) is 31.7 Å². The summed E-state index contributed by atoms with van der Waals surface area (Å²) in [5.74, 6) is -1.04. The molecule has 0 aromatic heterocycles. The van der Waals surface area contributed by atoms with Crippen molar-refractivity contribution in [3.8, 4) is 0 Å². The van der Waals surface area contributed by atoms with E-state index in [9.17, 15) is 13.2 Å². The van der Waals surface area contributed by atoms with Gasteiger partial charge in [-0.2, -0.15) is 0 Å². The van der Waals surface area contributed by atoms with Crippen LogP contribution >= 0.6 is 46.4 Å². The van der Waals surface area contributed by atoms with Gasteiger partial charge in [-0.1, -0.05) is 58.5 Å². The molecule has 1 N–H and O–H groups in total. The van der Waals surface area contributed by atoms with Crippen molar-refractivity contribution in [2.45, 2.75) is 18.6 Å². The van der Waals surface area contributed by atoms with Gasteiger partial charge in [0.05, 0.1) is 27.4 Å². The van der Waals surface area contributed by atoms with Crippen LogP contribution in [0.3, 0.4) is 0 Å². The standard InChI is InChI=1S/C19H18Cl4N2O3S/c20-14-7-6-13(16(22)9-14)11-29(27,28)25-8-2-3-12(10-25)19(26)24-17-5-1-4-15(21)18(17)23/h1,4-7,9,12H,2-3,8,10-11H2,(H,24,26)/t12-/m1/s1. The van der Waals surface area contributed by atoms with Gasteiger partial charge in [-0.15, -0.1) is 0 Å². The normalized spacial score (nSPS) is 17.9. The Labute approximate surface area is 189 Å². The molecule has 1 saturated heterocycles. The van der Waals surface area contributed by atoms with Crippen LogP contribution in [0.5, 0.6) is 0 Å². The molecule has 5 nitrogen and oxygen atoms in total. The highest BCUT2D eigenvalue weighted by atomic mass is 35.5. The van der Waals surface area contributed by atoms with Crippen molar-refractivity contribution >= 4 is 68.0 Å². The van der Waals surface area contributed by atoms with E-state index >= 15 is 0 Å². The van der Waals surface area contributed by atoms with E-state index < -0.39 is 15.9 Å². The van der Waals surface area contributed by atoms with Gasteiger partial charge in [0.15, 0.2) is 0 Å². The highest BCUT2D eigenvalue weighted by Gasteiger charge is 2.33. The van der Waals surface area contributed by atoms with Gasteiger partial charge < -0.3 is 5.32 Å². The summed E-state index contributed by atoms with van der Waals surface area (Å²) in [6.45, 7) is 0.451. The lowest BCUT2D eigenvalue weighted by molar-refractivity contribution is -0.120. The number of carbonyl (C=O) groups excluding carboxylic acids is 1. The van der Waals surface area contributed by atoms with Crippen molar-refractivity contribution in [3.05, 3.63) is 62.1 Å². The second-order valence-electron chi connectivity index (χ2n) is 6.78. The number of hydrogen-bond donors (Lipinski definition) is 1. The average Bonchev–Trinajstić information content (AvgIpc) is 2.68. The number of hydrogen-bond acceptors (Lipinski definition) is 3. The van der Waals surface area contributed by atoms with Crippen LogP contribution in [0.2, 0.25) is 20.1 Å². The summed E-state index contributed by atoms with van der Waals surface area (Å²) in [5.41, 5.74) is 0.866. The number of carbonyl (C=O) groups is 1. The molecule has 1 amide bonds. The van der Waals surface area contributed by atoms with E-state index in [1.54, 1.807) is 30.3 Å². The van der Waals surface area contributed by atoms with Gasteiger partial charge in [0, 0.05) is 23.1 Å². The van der Waals surface area contributed by atoms with Gasteiger partial charge in [0.2, 0.25) is 15.9 Å². The fraction of sp³-hybridized carbons (Fsp3) is 0.316. The van der Waals surface area contributed by atoms with Crippen molar-refractivity contribution in [1.29, 1.82) is 0 Å². The predicted molar refractivity (Wildman–Crippen MR) is 118 cm³/mol. The maximum absolute atomic E-state index is 12.9. The molecule has 1 heterocycles. The third kappa shape index (κ3) is 5.57. The van der Waals surface area contributed by atoms with Crippen LogP contribution in [0.15, 0.2) is 36.4 Å². The number of sulfonamides is 1. The van der Waals surface area contributed by atoms with Gasteiger partial charge in [-0.3, -0.25) is 4.79 Å². The summed E-state index contributed by atoms with van der Waals surface area (Å²) in [6, 6.07) is 9.64. The van der Waals surface area contributed by atoms with E-state index in [4.69, 9.17) is 46.4 Å². The minimum absolute atomic E-state index is 0.0948. The van der Waals surface area contributed by atoms with Crippen molar-refractivity contribution in [2.75, 3.05) is 18.4 Å². The van der Waals surface area contributed by atoms with E-state index in [0.717, 1.165) is 0 Å². The first kappa shape index (κ1) is 22.7. The number of halogens is 4. The molecule has 29 heavy (non-hydrogen) atoms. The van der Waals surface area contributed by atoms with E-state index in [1.807, 2.05) is 0 Å². The third-order valence-corrected chi connectivity index (χ3v) is 7.91. The largest absolute Gasteiger partial charge is 0.324 e. The molecular weight excluding hydrogens is 478 g/mol. The van der Waals surface area contributed by atoms with Crippen LogP contribution in [0.1, 0.15) is 18.4 Å². The van der Waals surface area contributed by atoms with E-state index in [2.05, 4.69) is 5.32 Å². The molecule has 0 unspecified atom stereocenters. The highest BCUT2D eigenvalue weighted by Crippen LogP contribution is 2.31. The molecule has 1 aliphatic heterocycles. The maximum Gasteiger partial charge on any atom is 0.228 e. The number of nitrogens with one attached hydrogen (secondary N) is 1. The van der Waals surface area contributed by atoms with E-state index in [-0.39, 0.29) is 23.2 Å². The van der Waals surface area contributed by atoms with Crippen LogP contribution < -0.4 is 5.32 Å². The minimum Gasteiger partial charge on any atom is -0.324 e. The molecular formula is C19H18Cl4N2O3S. The van der Waals surface area contributed by atoms with Crippen LogP contribution in [0.25, 0.3) is 0 Å². The minimum atomic E-state index is -3.65. The average molecular weight is 496 g/mol. The second-order valence-corrected chi connectivity index (χ2v) is 10.4. The Hall–Kier alpha value is -1.02. The van der Waals surface area contributed by atoms with E-state index in [0.29, 0.717) is 45.7 Å². The Morgan fingerprint density at radius 3 is 2.59 bits per heavy atom. The molecule has 1 fully saturated rings. The lowest BCUT2D eigenvalue weighted by Gasteiger charge is -2.31. The van der Waals surface area contributed by atoms with Gasteiger partial charge in [-0.25, -0.2) is 12.7 Å². The zero-order valence-corrected chi connectivity index (χ0v) is 19.0. The number of nitrogens with zero attached hydrogens (tertiary/aromatic N) is 1. The van der Waals surface area contributed by atoms with Crippen LogP contribution in [-0.2, 0) is 20.6 Å². The fourth-order valence-corrected chi connectivity index (χ4v) is 5.71. The molecule has 10 heteroatoms. The van der Waals surface area contributed by atoms with Crippen LogP contribution in [0, 0.1) is 5.92 Å². The summed E-state index contributed by atoms with van der Waals surface area (Å²) in [5, 5.41) is 4.06. The first-order valence-electron chi connectivity index (χ1n) is 8.84. The van der Waals surface area contributed by atoms with E-state index in [1.165, 1.54) is 10.4 Å². The molecule has 0 saturated carbocycles. The Bertz CT molecular complexity index is 1030. The summed E-state index contributed by atoms with van der Waals surface area (Å²) in [6.07, 6.45) is 1.16.